The molecule has 1 aliphatic rings. The lowest BCUT2D eigenvalue weighted by atomic mass is 10.0. The van der Waals surface area contributed by atoms with Crippen LogP contribution in [0.4, 0.5) is 0 Å². The summed E-state index contributed by atoms with van der Waals surface area (Å²) in [7, 11) is 0. The van der Waals surface area contributed by atoms with Gasteiger partial charge < -0.3 is 14.8 Å². The summed E-state index contributed by atoms with van der Waals surface area (Å²) in [5.74, 6) is -0.150. The third kappa shape index (κ3) is 4.94. The standard InChI is InChI=1S/C12H23NO3/c1-11(2,3)16-10(14)5-7-13-12(4)6-8-15-9-12/h13H,5-9H2,1-4H3. The van der Waals surface area contributed by atoms with Crippen LogP contribution in [0.2, 0.25) is 0 Å². The number of nitrogens with one attached hydrogen (secondary N) is 1. The van der Waals surface area contributed by atoms with Gasteiger partial charge in [0.05, 0.1) is 13.0 Å². The summed E-state index contributed by atoms with van der Waals surface area (Å²) in [6, 6.07) is 0. The van der Waals surface area contributed by atoms with Crippen molar-refractivity contribution in [3.63, 3.8) is 0 Å². The highest BCUT2D eigenvalue weighted by molar-refractivity contribution is 5.70. The van der Waals surface area contributed by atoms with E-state index in [9.17, 15) is 4.79 Å². The summed E-state index contributed by atoms with van der Waals surface area (Å²) in [5, 5.41) is 3.35. The molecule has 0 radical (unpaired) electrons. The van der Waals surface area contributed by atoms with Crippen LogP contribution in [0, 0.1) is 0 Å². The van der Waals surface area contributed by atoms with Gasteiger partial charge in [-0.1, -0.05) is 0 Å². The van der Waals surface area contributed by atoms with Gasteiger partial charge in [0.25, 0.3) is 0 Å². The fraction of sp³-hybridized carbons (Fsp3) is 0.917. The number of ether oxygens (including phenoxy) is 2. The Labute approximate surface area is 97.7 Å². The third-order valence-electron chi connectivity index (χ3n) is 2.52. The number of esters is 1. The molecule has 0 amide bonds. The first-order valence-corrected chi connectivity index (χ1v) is 5.85. The van der Waals surface area contributed by atoms with Gasteiger partial charge in [-0.15, -0.1) is 0 Å². The van der Waals surface area contributed by atoms with E-state index in [1.807, 2.05) is 20.8 Å². The summed E-state index contributed by atoms with van der Waals surface area (Å²) in [4.78, 5) is 11.4. The first-order chi connectivity index (χ1) is 7.31. The lowest BCUT2D eigenvalue weighted by Gasteiger charge is -2.24. The second-order valence-corrected chi connectivity index (χ2v) is 5.63. The smallest absolute Gasteiger partial charge is 0.307 e. The molecule has 1 rings (SSSR count). The molecule has 0 bridgehead atoms. The first kappa shape index (κ1) is 13.5. The van der Waals surface area contributed by atoms with Crippen LogP contribution in [-0.4, -0.2) is 36.9 Å². The minimum atomic E-state index is -0.391. The third-order valence-corrected chi connectivity index (χ3v) is 2.52. The monoisotopic (exact) mass is 229 g/mol. The van der Waals surface area contributed by atoms with Crippen molar-refractivity contribution in [2.24, 2.45) is 0 Å². The lowest BCUT2D eigenvalue weighted by Crippen LogP contribution is -2.44. The largest absolute Gasteiger partial charge is 0.460 e. The molecule has 1 saturated heterocycles. The molecule has 0 aromatic carbocycles. The van der Waals surface area contributed by atoms with Crippen molar-refractivity contribution in [2.45, 2.75) is 51.7 Å². The molecule has 0 spiro atoms. The normalized spacial score (nSPS) is 25.8. The maximum atomic E-state index is 11.4. The molecule has 0 saturated carbocycles. The molecule has 94 valence electrons. The Hall–Kier alpha value is -0.610. The molecular weight excluding hydrogens is 206 g/mol. The maximum absolute atomic E-state index is 11.4. The Morgan fingerprint density at radius 2 is 2.19 bits per heavy atom. The SMILES string of the molecule is CC1(NCCC(=O)OC(C)(C)C)CCOC1. The lowest BCUT2D eigenvalue weighted by molar-refractivity contribution is -0.154. The van der Waals surface area contributed by atoms with Gasteiger partial charge in [-0.25, -0.2) is 0 Å². The molecule has 0 aliphatic carbocycles. The number of hydrogen-bond donors (Lipinski definition) is 1. The summed E-state index contributed by atoms with van der Waals surface area (Å²) in [6.45, 7) is 9.93. The average molecular weight is 229 g/mol. The number of carbonyl (C=O) groups excluding carboxylic acids is 1. The summed E-state index contributed by atoms with van der Waals surface area (Å²) >= 11 is 0. The van der Waals surface area contributed by atoms with Gasteiger partial charge in [-0.3, -0.25) is 4.79 Å². The van der Waals surface area contributed by atoms with Crippen LogP contribution >= 0.6 is 0 Å². The van der Waals surface area contributed by atoms with Crippen LogP contribution in [-0.2, 0) is 14.3 Å². The topological polar surface area (TPSA) is 47.6 Å². The molecular formula is C12H23NO3. The minimum absolute atomic E-state index is 0.0298. The van der Waals surface area contributed by atoms with Crippen LogP contribution < -0.4 is 5.32 Å². The van der Waals surface area contributed by atoms with Crippen molar-refractivity contribution >= 4 is 5.97 Å². The molecule has 16 heavy (non-hydrogen) atoms. The van der Waals surface area contributed by atoms with Gasteiger partial charge in [0, 0.05) is 18.7 Å². The highest BCUT2D eigenvalue weighted by Crippen LogP contribution is 2.17. The Kier molecular flexibility index (Phi) is 4.33. The fourth-order valence-corrected chi connectivity index (χ4v) is 1.67. The Bertz CT molecular complexity index is 239. The van der Waals surface area contributed by atoms with Crippen LogP contribution in [0.1, 0.15) is 40.5 Å². The van der Waals surface area contributed by atoms with Crippen molar-refractivity contribution < 1.29 is 14.3 Å². The van der Waals surface area contributed by atoms with E-state index in [1.54, 1.807) is 0 Å². The van der Waals surface area contributed by atoms with Gasteiger partial charge in [0.15, 0.2) is 0 Å². The van der Waals surface area contributed by atoms with Crippen molar-refractivity contribution in [3.05, 3.63) is 0 Å². The summed E-state index contributed by atoms with van der Waals surface area (Å²) < 4.78 is 10.5. The summed E-state index contributed by atoms with van der Waals surface area (Å²) in [5.41, 5.74) is -0.362. The van der Waals surface area contributed by atoms with E-state index in [4.69, 9.17) is 9.47 Å². The van der Waals surface area contributed by atoms with Crippen LogP contribution in [0.25, 0.3) is 0 Å². The molecule has 4 heteroatoms. The zero-order valence-corrected chi connectivity index (χ0v) is 10.8. The van der Waals surface area contributed by atoms with Crippen LogP contribution in [0.3, 0.4) is 0 Å². The van der Waals surface area contributed by atoms with Crippen molar-refractivity contribution in [1.29, 1.82) is 0 Å². The molecule has 0 aromatic heterocycles. The molecule has 1 unspecified atom stereocenters. The molecule has 4 nitrogen and oxygen atoms in total. The number of rotatable bonds is 4. The van der Waals surface area contributed by atoms with Crippen molar-refractivity contribution in [1.82, 2.24) is 5.32 Å². The van der Waals surface area contributed by atoms with Crippen molar-refractivity contribution in [3.8, 4) is 0 Å². The van der Waals surface area contributed by atoms with Gasteiger partial charge in [0.1, 0.15) is 5.60 Å². The Balaban J connectivity index is 2.18. The van der Waals surface area contributed by atoms with Gasteiger partial charge in [-0.2, -0.15) is 0 Å². The van der Waals surface area contributed by atoms with Gasteiger partial charge >= 0.3 is 5.97 Å². The first-order valence-electron chi connectivity index (χ1n) is 5.85. The van der Waals surface area contributed by atoms with E-state index in [0.717, 1.165) is 19.6 Å². The molecule has 1 atom stereocenters. The maximum Gasteiger partial charge on any atom is 0.307 e. The molecule has 1 N–H and O–H groups in total. The van der Waals surface area contributed by atoms with E-state index in [0.29, 0.717) is 13.0 Å². The highest BCUT2D eigenvalue weighted by Gasteiger charge is 2.29. The number of carbonyl (C=O) groups is 1. The average Bonchev–Trinajstić information content (AvgIpc) is 2.49. The van der Waals surface area contributed by atoms with Gasteiger partial charge in [-0.05, 0) is 34.1 Å². The van der Waals surface area contributed by atoms with E-state index in [1.165, 1.54) is 0 Å². The second kappa shape index (κ2) is 5.15. The fourth-order valence-electron chi connectivity index (χ4n) is 1.67. The molecule has 1 heterocycles. The van der Waals surface area contributed by atoms with Gasteiger partial charge in [0.2, 0.25) is 0 Å². The molecule has 1 fully saturated rings. The Morgan fingerprint density at radius 3 is 2.69 bits per heavy atom. The van der Waals surface area contributed by atoms with Crippen molar-refractivity contribution in [2.75, 3.05) is 19.8 Å². The Morgan fingerprint density at radius 1 is 1.50 bits per heavy atom. The van der Waals surface area contributed by atoms with E-state index in [2.05, 4.69) is 12.2 Å². The summed E-state index contributed by atoms with van der Waals surface area (Å²) in [6.07, 6.45) is 1.41. The van der Waals surface area contributed by atoms with E-state index < -0.39 is 5.60 Å². The van der Waals surface area contributed by atoms with Crippen LogP contribution in [0.15, 0.2) is 0 Å². The zero-order valence-electron chi connectivity index (χ0n) is 10.8. The quantitative estimate of drug-likeness (QED) is 0.742. The zero-order chi connectivity index (χ0) is 12.2. The highest BCUT2D eigenvalue weighted by atomic mass is 16.6. The minimum Gasteiger partial charge on any atom is -0.460 e. The second-order valence-electron chi connectivity index (χ2n) is 5.63. The number of hydrogen-bond acceptors (Lipinski definition) is 4. The molecule has 0 aromatic rings. The predicted octanol–water partition coefficient (Wildman–Crippen LogP) is 1.49. The molecule has 1 aliphatic heterocycles. The van der Waals surface area contributed by atoms with Crippen LogP contribution in [0.5, 0.6) is 0 Å². The predicted molar refractivity (Wildman–Crippen MR) is 62.3 cm³/mol. The van der Waals surface area contributed by atoms with E-state index in [-0.39, 0.29) is 11.5 Å². The van der Waals surface area contributed by atoms with E-state index >= 15 is 0 Å².